The van der Waals surface area contributed by atoms with Gasteiger partial charge in [-0.1, -0.05) is 212 Å². The maximum Gasteiger partial charge on any atom is 0.0629 e. The van der Waals surface area contributed by atoms with E-state index >= 15 is 0 Å². The van der Waals surface area contributed by atoms with Crippen LogP contribution in [0.4, 0.5) is 17.1 Å². The first-order chi connectivity index (χ1) is 38.9. The highest BCUT2D eigenvalue weighted by Gasteiger charge is 2.20. The van der Waals surface area contributed by atoms with E-state index in [1.165, 1.54) is 11.6 Å². The van der Waals surface area contributed by atoms with Crippen LogP contribution in [0.2, 0.25) is 0 Å². The fourth-order valence-electron chi connectivity index (χ4n) is 10.1. The van der Waals surface area contributed by atoms with Gasteiger partial charge in [0.05, 0.1) is 30.4 Å². The number of hydrogen-bond acceptors (Lipinski definition) is 1. The minimum absolute atomic E-state index is 0.0943. The third kappa shape index (κ3) is 7.31. The van der Waals surface area contributed by atoms with Crippen molar-refractivity contribution >= 4 is 60.4 Å². The molecule has 70 heavy (non-hydrogen) atoms. The second-order valence-corrected chi connectivity index (χ2v) is 17.4. The van der Waals surface area contributed by atoms with Gasteiger partial charge in [-0.15, -0.1) is 0 Å². The van der Waals surface area contributed by atoms with Crippen LogP contribution in [0.25, 0.3) is 105 Å². The molecule has 0 fully saturated rings. The molecule has 0 atom stereocenters. The highest BCUT2D eigenvalue weighted by molar-refractivity contribution is 6.22. The van der Waals surface area contributed by atoms with Gasteiger partial charge in [-0.3, -0.25) is 0 Å². The van der Waals surface area contributed by atoms with Crippen LogP contribution < -0.4 is 4.90 Å². The monoisotopic (exact) mass is 900 g/mol. The largest absolute Gasteiger partial charge is 0.310 e. The molecular weight excluding hydrogens is 845 g/mol. The van der Waals surface area contributed by atoms with Gasteiger partial charge >= 0.3 is 0 Å². The lowest BCUT2D eigenvalue weighted by atomic mass is 9.97. The molecule has 0 aliphatic heterocycles. The van der Waals surface area contributed by atoms with Crippen molar-refractivity contribution in [3.05, 3.63) is 279 Å². The fraction of sp³-hybridized carbons (Fsp3) is 0. The minimum atomic E-state index is -0.549. The van der Waals surface area contributed by atoms with E-state index in [9.17, 15) is 0 Å². The molecule has 12 aromatic carbocycles. The molecule has 328 valence electrons. The lowest BCUT2D eigenvalue weighted by Gasteiger charge is -2.27. The standard InChI is InChI=1S/C68H46N2/c1-5-17-47(18-6-1)50-29-35-57(36-30-50)69(59-44-55(48-19-7-2-8-20-48)43-56(45-59)49-21-9-3-10-22-49)58-37-31-51(32-38-58)54-34-40-66-64(46-54)68-61-26-14-13-25-53(61)33-41-67(68)70(66)65-42-39-60(52-23-11-4-12-24-52)62-27-15-16-28-63(62)65/h1-46H/i2D,3D,7D,8D,9D,10D,19D,20D,21D,22D. The maximum absolute atomic E-state index is 9.05. The number of benzene rings is 12. The van der Waals surface area contributed by atoms with Crippen molar-refractivity contribution in [2.45, 2.75) is 0 Å². The van der Waals surface area contributed by atoms with Crippen LogP contribution in [0.3, 0.4) is 0 Å². The third-order valence-electron chi connectivity index (χ3n) is 13.3. The number of aromatic nitrogens is 1. The third-order valence-corrected chi connectivity index (χ3v) is 13.3. The van der Waals surface area contributed by atoms with E-state index < -0.39 is 60.4 Å². The molecule has 0 N–H and O–H groups in total. The van der Waals surface area contributed by atoms with Crippen molar-refractivity contribution in [3.63, 3.8) is 0 Å². The molecule has 1 heterocycles. The van der Waals surface area contributed by atoms with Crippen molar-refractivity contribution in [3.8, 4) is 61.3 Å². The highest BCUT2D eigenvalue weighted by Crippen LogP contribution is 2.44. The van der Waals surface area contributed by atoms with E-state index in [4.69, 9.17) is 13.7 Å². The molecule has 0 radical (unpaired) electrons. The molecule has 0 saturated heterocycles. The summed E-state index contributed by atoms with van der Waals surface area (Å²) in [5, 5.41) is 6.83. The average Bonchev–Trinajstić information content (AvgIpc) is 4.03. The van der Waals surface area contributed by atoms with Gasteiger partial charge < -0.3 is 9.47 Å². The molecule has 2 heteroatoms. The Morgan fingerprint density at radius 1 is 0.300 bits per heavy atom. The predicted molar refractivity (Wildman–Crippen MR) is 298 cm³/mol. The summed E-state index contributed by atoms with van der Waals surface area (Å²) in [6.07, 6.45) is 0. The lowest BCUT2D eigenvalue weighted by molar-refractivity contribution is 1.20. The van der Waals surface area contributed by atoms with Gasteiger partial charge in [0.1, 0.15) is 0 Å². The second-order valence-electron chi connectivity index (χ2n) is 17.4. The molecule has 13 aromatic rings. The Kier molecular flexibility index (Phi) is 7.89. The van der Waals surface area contributed by atoms with Gasteiger partial charge in [-0.2, -0.15) is 0 Å². The van der Waals surface area contributed by atoms with E-state index in [0.29, 0.717) is 17.1 Å². The Labute approximate surface area is 422 Å². The molecular formula is C68H46N2. The molecule has 0 saturated carbocycles. The molecule has 1 aromatic heterocycles. The number of nitrogens with zero attached hydrogens (tertiary/aromatic N) is 2. The van der Waals surface area contributed by atoms with E-state index in [-0.39, 0.29) is 22.3 Å². The number of rotatable bonds is 9. The molecule has 0 bridgehead atoms. The number of anilines is 3. The summed E-state index contributed by atoms with van der Waals surface area (Å²) in [5.74, 6) is 0. The van der Waals surface area contributed by atoms with Crippen LogP contribution in [0.5, 0.6) is 0 Å². The topological polar surface area (TPSA) is 8.17 Å². The van der Waals surface area contributed by atoms with E-state index in [1.807, 2.05) is 77.7 Å². The van der Waals surface area contributed by atoms with Gasteiger partial charge in [0.25, 0.3) is 0 Å². The van der Waals surface area contributed by atoms with Crippen LogP contribution in [0.15, 0.2) is 279 Å². The molecule has 0 aliphatic rings. The predicted octanol–water partition coefficient (Wildman–Crippen LogP) is 18.9. The zero-order chi connectivity index (χ0) is 55.1. The van der Waals surface area contributed by atoms with Crippen molar-refractivity contribution in [1.29, 1.82) is 0 Å². The molecule has 0 amide bonds. The molecule has 13 rings (SSSR count). The summed E-state index contributed by atoms with van der Waals surface area (Å²) >= 11 is 0. The quantitative estimate of drug-likeness (QED) is 0.140. The Morgan fingerprint density at radius 2 is 0.814 bits per heavy atom. The van der Waals surface area contributed by atoms with Crippen LogP contribution in [0.1, 0.15) is 13.7 Å². The molecule has 2 nitrogen and oxygen atoms in total. The summed E-state index contributed by atoms with van der Waals surface area (Å²) < 4.78 is 89.8. The fourth-order valence-corrected chi connectivity index (χ4v) is 10.1. The summed E-state index contributed by atoms with van der Waals surface area (Å²) in [7, 11) is 0. The highest BCUT2D eigenvalue weighted by atomic mass is 15.1. The van der Waals surface area contributed by atoms with Gasteiger partial charge in [0.15, 0.2) is 0 Å². The molecule has 0 aliphatic carbocycles. The smallest absolute Gasteiger partial charge is 0.0629 e. The van der Waals surface area contributed by atoms with Crippen LogP contribution >= 0.6 is 0 Å². The first-order valence-electron chi connectivity index (χ1n) is 28.3. The van der Waals surface area contributed by atoms with Gasteiger partial charge in [0.2, 0.25) is 0 Å². The normalized spacial score (nSPS) is 13.4. The SMILES string of the molecule is [2H]c1c([2H])c([2H])c(-c2cc(-c3c([2H])c([2H])c([2H])c([2H])c3[2H])cc(N(c3ccc(-c4ccccc4)cc3)c3ccc(-c4ccc5c(c4)c4c6ccccc6ccc4n5-c4ccc(-c5ccccc5)c5ccccc45)cc3)c2)c([2H])c1[2H]. The summed E-state index contributed by atoms with van der Waals surface area (Å²) in [4.78, 5) is 1.96. The first-order valence-corrected chi connectivity index (χ1v) is 23.3. The summed E-state index contributed by atoms with van der Waals surface area (Å²) in [6.45, 7) is 0. The Hall–Kier alpha value is -9.24. The van der Waals surface area contributed by atoms with Crippen molar-refractivity contribution < 1.29 is 13.7 Å². The average molecular weight is 901 g/mol. The van der Waals surface area contributed by atoms with Crippen LogP contribution in [-0.2, 0) is 0 Å². The Morgan fingerprint density at radius 3 is 1.46 bits per heavy atom. The van der Waals surface area contributed by atoms with Crippen molar-refractivity contribution in [1.82, 2.24) is 4.57 Å². The van der Waals surface area contributed by atoms with Gasteiger partial charge in [0, 0.05) is 33.2 Å². The second kappa shape index (κ2) is 17.4. The zero-order valence-corrected chi connectivity index (χ0v) is 37.7. The molecule has 0 unspecified atom stereocenters. The minimum Gasteiger partial charge on any atom is -0.310 e. The maximum atomic E-state index is 9.05. The molecule has 0 spiro atoms. The van der Waals surface area contributed by atoms with Gasteiger partial charge in [-0.25, -0.2) is 0 Å². The lowest BCUT2D eigenvalue weighted by Crippen LogP contribution is -2.10. The summed E-state index contributed by atoms with van der Waals surface area (Å²) in [5.41, 5.74) is 11.5. The zero-order valence-electron chi connectivity index (χ0n) is 47.7. The van der Waals surface area contributed by atoms with E-state index in [2.05, 4.69) is 132 Å². The van der Waals surface area contributed by atoms with Crippen molar-refractivity contribution in [2.24, 2.45) is 0 Å². The summed E-state index contributed by atoms with van der Waals surface area (Å²) in [6, 6.07) is 69.2. The van der Waals surface area contributed by atoms with Crippen LogP contribution in [-0.4, -0.2) is 4.57 Å². The van der Waals surface area contributed by atoms with E-state index in [0.717, 1.165) is 76.9 Å². The Balaban J connectivity index is 0.998. The number of fused-ring (bicyclic) bond motifs is 6. The van der Waals surface area contributed by atoms with Gasteiger partial charge in [-0.05, 0) is 139 Å². The van der Waals surface area contributed by atoms with Crippen LogP contribution in [0, 0.1) is 0 Å². The Bertz CT molecular complexity index is 4490. The number of hydrogen-bond donors (Lipinski definition) is 0. The first kappa shape index (κ1) is 31.7. The van der Waals surface area contributed by atoms with Crippen molar-refractivity contribution in [2.75, 3.05) is 4.90 Å². The van der Waals surface area contributed by atoms with E-state index in [1.54, 1.807) is 12.1 Å².